The summed E-state index contributed by atoms with van der Waals surface area (Å²) in [5.41, 5.74) is 1.05. The molecule has 17 heavy (non-hydrogen) atoms. The van der Waals surface area contributed by atoms with E-state index in [9.17, 15) is 4.79 Å². The lowest BCUT2D eigenvalue weighted by molar-refractivity contribution is -0.108. The fourth-order valence-corrected chi connectivity index (χ4v) is 2.25. The number of carbonyl (C=O) groups is 1. The van der Waals surface area contributed by atoms with E-state index in [1.54, 1.807) is 0 Å². The molecule has 1 aromatic carbocycles. The molecular weight excluding hydrogens is 210 g/mol. The van der Waals surface area contributed by atoms with Crippen LogP contribution in [0.3, 0.4) is 0 Å². The topological polar surface area (TPSA) is 20.3 Å². The Morgan fingerprint density at radius 2 is 2.18 bits per heavy atom. The van der Waals surface area contributed by atoms with Crippen molar-refractivity contribution in [1.29, 1.82) is 0 Å². The van der Waals surface area contributed by atoms with Gasteiger partial charge in [-0.2, -0.15) is 0 Å². The SMILES string of the molecule is O=CC[C@@H]1CCCN1CC#Cc1ccccc1. The first-order chi connectivity index (χ1) is 8.40. The molecule has 0 amide bonds. The highest BCUT2D eigenvalue weighted by Crippen LogP contribution is 2.18. The van der Waals surface area contributed by atoms with E-state index in [2.05, 4.69) is 16.7 Å². The molecule has 2 rings (SSSR count). The molecule has 0 aliphatic carbocycles. The van der Waals surface area contributed by atoms with Crippen LogP contribution in [-0.2, 0) is 4.79 Å². The van der Waals surface area contributed by atoms with E-state index in [1.807, 2.05) is 30.3 Å². The summed E-state index contributed by atoms with van der Waals surface area (Å²) >= 11 is 0. The van der Waals surface area contributed by atoms with Crippen molar-refractivity contribution in [2.75, 3.05) is 13.1 Å². The van der Waals surface area contributed by atoms with Crippen LogP contribution < -0.4 is 0 Å². The molecule has 1 saturated heterocycles. The van der Waals surface area contributed by atoms with Crippen LogP contribution in [0.4, 0.5) is 0 Å². The number of likely N-dealkylation sites (tertiary alicyclic amines) is 1. The Morgan fingerprint density at radius 1 is 1.35 bits per heavy atom. The minimum absolute atomic E-state index is 0.414. The van der Waals surface area contributed by atoms with E-state index >= 15 is 0 Å². The minimum Gasteiger partial charge on any atom is -0.303 e. The molecule has 0 N–H and O–H groups in total. The van der Waals surface area contributed by atoms with Crippen LogP contribution >= 0.6 is 0 Å². The number of rotatable bonds is 3. The molecule has 1 aliphatic rings. The quantitative estimate of drug-likeness (QED) is 0.582. The average Bonchev–Trinajstić information content (AvgIpc) is 2.79. The third-order valence-electron chi connectivity index (χ3n) is 3.16. The molecule has 1 aliphatic heterocycles. The molecule has 0 unspecified atom stereocenters. The molecule has 0 bridgehead atoms. The van der Waals surface area contributed by atoms with Crippen molar-refractivity contribution in [1.82, 2.24) is 4.90 Å². The summed E-state index contributed by atoms with van der Waals surface area (Å²) in [6.07, 6.45) is 3.98. The van der Waals surface area contributed by atoms with Gasteiger partial charge in [0.2, 0.25) is 0 Å². The van der Waals surface area contributed by atoms with E-state index in [1.165, 1.54) is 6.42 Å². The molecule has 1 heterocycles. The Kier molecular flexibility index (Phi) is 4.35. The highest BCUT2D eigenvalue weighted by atomic mass is 16.1. The lowest BCUT2D eigenvalue weighted by Gasteiger charge is -2.19. The third kappa shape index (κ3) is 3.44. The van der Waals surface area contributed by atoms with Crippen LogP contribution in [0, 0.1) is 11.8 Å². The Balaban J connectivity index is 1.90. The fraction of sp³-hybridized carbons (Fsp3) is 0.400. The Morgan fingerprint density at radius 3 is 2.94 bits per heavy atom. The van der Waals surface area contributed by atoms with Gasteiger partial charge < -0.3 is 4.79 Å². The largest absolute Gasteiger partial charge is 0.303 e. The van der Waals surface area contributed by atoms with Crippen LogP contribution in [0.25, 0.3) is 0 Å². The molecule has 1 fully saturated rings. The van der Waals surface area contributed by atoms with Gasteiger partial charge in [0.05, 0.1) is 6.54 Å². The van der Waals surface area contributed by atoms with Crippen LogP contribution in [0.1, 0.15) is 24.8 Å². The van der Waals surface area contributed by atoms with E-state index in [4.69, 9.17) is 0 Å². The third-order valence-corrected chi connectivity index (χ3v) is 3.16. The van der Waals surface area contributed by atoms with Crippen molar-refractivity contribution in [2.24, 2.45) is 0 Å². The Labute approximate surface area is 103 Å². The normalized spacial score (nSPS) is 19.6. The lowest BCUT2D eigenvalue weighted by atomic mass is 10.1. The number of hydrogen-bond donors (Lipinski definition) is 0. The molecule has 1 aromatic rings. The molecule has 1 atom stereocenters. The van der Waals surface area contributed by atoms with Crippen molar-refractivity contribution in [3.05, 3.63) is 35.9 Å². The van der Waals surface area contributed by atoms with Gasteiger partial charge in [-0.05, 0) is 31.5 Å². The summed E-state index contributed by atoms with van der Waals surface area (Å²) in [6.45, 7) is 1.84. The zero-order chi connectivity index (χ0) is 11.9. The summed E-state index contributed by atoms with van der Waals surface area (Å²) < 4.78 is 0. The van der Waals surface area contributed by atoms with E-state index in [-0.39, 0.29) is 0 Å². The molecule has 88 valence electrons. The molecular formula is C15H17NO. The molecule has 0 spiro atoms. The summed E-state index contributed by atoms with van der Waals surface area (Å²) in [4.78, 5) is 12.8. The number of aldehydes is 1. The number of hydrogen-bond acceptors (Lipinski definition) is 2. The van der Waals surface area contributed by atoms with Crippen molar-refractivity contribution >= 4 is 6.29 Å². The summed E-state index contributed by atoms with van der Waals surface area (Å²) in [7, 11) is 0. The van der Waals surface area contributed by atoms with Crippen molar-refractivity contribution < 1.29 is 4.79 Å². The average molecular weight is 227 g/mol. The highest BCUT2D eigenvalue weighted by Gasteiger charge is 2.22. The summed E-state index contributed by atoms with van der Waals surface area (Å²) in [5, 5.41) is 0. The van der Waals surface area contributed by atoms with Gasteiger partial charge in [0.25, 0.3) is 0 Å². The Bertz CT molecular complexity index is 416. The van der Waals surface area contributed by atoms with Gasteiger partial charge in [-0.1, -0.05) is 30.0 Å². The van der Waals surface area contributed by atoms with Crippen LogP contribution in [0.5, 0.6) is 0 Å². The maximum atomic E-state index is 10.5. The van der Waals surface area contributed by atoms with Crippen molar-refractivity contribution in [2.45, 2.75) is 25.3 Å². The van der Waals surface area contributed by atoms with Gasteiger partial charge in [-0.3, -0.25) is 4.90 Å². The van der Waals surface area contributed by atoms with Crippen molar-refractivity contribution in [3.8, 4) is 11.8 Å². The van der Waals surface area contributed by atoms with Crippen LogP contribution in [-0.4, -0.2) is 30.3 Å². The first-order valence-electron chi connectivity index (χ1n) is 6.12. The van der Waals surface area contributed by atoms with Gasteiger partial charge in [0, 0.05) is 18.0 Å². The van der Waals surface area contributed by atoms with E-state index < -0.39 is 0 Å². The second-order valence-electron chi connectivity index (χ2n) is 4.34. The zero-order valence-corrected chi connectivity index (χ0v) is 9.93. The maximum absolute atomic E-state index is 10.5. The minimum atomic E-state index is 0.414. The van der Waals surface area contributed by atoms with Gasteiger partial charge in [0.1, 0.15) is 6.29 Å². The first kappa shape index (κ1) is 11.9. The van der Waals surface area contributed by atoms with E-state index in [0.717, 1.165) is 31.4 Å². The van der Waals surface area contributed by atoms with Gasteiger partial charge in [-0.25, -0.2) is 0 Å². The number of benzene rings is 1. The first-order valence-corrected chi connectivity index (χ1v) is 6.12. The van der Waals surface area contributed by atoms with Crippen LogP contribution in [0.2, 0.25) is 0 Å². The van der Waals surface area contributed by atoms with Crippen molar-refractivity contribution in [3.63, 3.8) is 0 Å². The van der Waals surface area contributed by atoms with Gasteiger partial charge in [-0.15, -0.1) is 0 Å². The molecule has 0 radical (unpaired) electrons. The maximum Gasteiger partial charge on any atom is 0.121 e. The van der Waals surface area contributed by atoms with E-state index in [0.29, 0.717) is 12.5 Å². The lowest BCUT2D eigenvalue weighted by Crippen LogP contribution is -2.29. The standard InChI is InChI=1S/C15H17NO/c17-13-10-15-9-5-12-16(15)11-4-8-14-6-2-1-3-7-14/h1-3,6-7,13,15H,5,9-12H2/t15-/m0/s1. The Hall–Kier alpha value is -1.59. The number of carbonyl (C=O) groups excluding carboxylic acids is 1. The second kappa shape index (κ2) is 6.22. The summed E-state index contributed by atoms with van der Waals surface area (Å²) in [5.74, 6) is 6.35. The van der Waals surface area contributed by atoms with Crippen LogP contribution in [0.15, 0.2) is 30.3 Å². The number of nitrogens with zero attached hydrogens (tertiary/aromatic N) is 1. The molecule has 0 saturated carbocycles. The summed E-state index contributed by atoms with van der Waals surface area (Å²) in [6, 6.07) is 10.4. The molecule has 0 aromatic heterocycles. The predicted octanol–water partition coefficient (Wildman–Crippen LogP) is 2.09. The fourth-order valence-electron chi connectivity index (χ4n) is 2.25. The zero-order valence-electron chi connectivity index (χ0n) is 9.93. The smallest absolute Gasteiger partial charge is 0.121 e. The highest BCUT2D eigenvalue weighted by molar-refractivity contribution is 5.50. The molecule has 2 heteroatoms. The monoisotopic (exact) mass is 227 g/mol. The second-order valence-corrected chi connectivity index (χ2v) is 4.34. The predicted molar refractivity (Wildman–Crippen MR) is 68.6 cm³/mol. The molecule has 2 nitrogen and oxygen atoms in total. The van der Waals surface area contributed by atoms with Gasteiger partial charge in [0.15, 0.2) is 0 Å². The van der Waals surface area contributed by atoms with Gasteiger partial charge >= 0.3 is 0 Å².